The average molecular weight is 807 g/mol. The lowest BCUT2D eigenvalue weighted by molar-refractivity contribution is 0.632. The second-order valence-corrected chi connectivity index (χ2v) is 17.0. The van der Waals surface area contributed by atoms with Crippen LogP contribution in [0.5, 0.6) is 0 Å². The first-order chi connectivity index (χ1) is 31.0. The van der Waals surface area contributed by atoms with Gasteiger partial charge < -0.3 is 9.80 Å². The summed E-state index contributed by atoms with van der Waals surface area (Å²) < 4.78 is 0. The van der Waals surface area contributed by atoms with E-state index in [4.69, 9.17) is 0 Å². The lowest BCUT2D eigenvalue weighted by Gasteiger charge is -2.43. The van der Waals surface area contributed by atoms with Crippen molar-refractivity contribution < 1.29 is 0 Å². The Labute approximate surface area is 370 Å². The second-order valence-electron chi connectivity index (χ2n) is 17.0. The van der Waals surface area contributed by atoms with Crippen molar-refractivity contribution in [3.05, 3.63) is 254 Å². The highest BCUT2D eigenvalue weighted by Gasteiger charge is 2.38. The van der Waals surface area contributed by atoms with Crippen LogP contribution in [-0.4, -0.2) is 0 Å². The minimum Gasteiger partial charge on any atom is -0.311 e. The molecule has 1 aliphatic heterocycles. The van der Waals surface area contributed by atoms with Crippen molar-refractivity contribution in [1.29, 1.82) is 0 Å². The predicted molar refractivity (Wildman–Crippen MR) is 267 cm³/mol. The van der Waals surface area contributed by atoms with Crippen LogP contribution in [0.3, 0.4) is 0 Å². The van der Waals surface area contributed by atoms with Crippen molar-refractivity contribution >= 4 is 44.9 Å². The Morgan fingerprint density at radius 1 is 0.302 bits per heavy atom. The Morgan fingerprint density at radius 3 is 1.11 bits per heavy atom. The molecule has 0 spiro atoms. The highest BCUT2D eigenvalue weighted by atomic mass is 15.2. The highest BCUT2D eigenvalue weighted by molar-refractivity contribution is 6.01. The van der Waals surface area contributed by atoms with E-state index >= 15 is 0 Å². The molecular weight excluding hydrogens is 761 g/mol. The van der Waals surface area contributed by atoms with Crippen molar-refractivity contribution in [2.45, 2.75) is 19.3 Å². The van der Waals surface area contributed by atoms with Crippen molar-refractivity contribution in [2.75, 3.05) is 9.80 Å². The molecule has 1 heterocycles. The van der Waals surface area contributed by atoms with Gasteiger partial charge in [-0.3, -0.25) is 0 Å². The lowest BCUT2D eigenvalue weighted by atomic mass is 9.72. The first kappa shape index (κ1) is 38.0. The molecule has 0 unspecified atom stereocenters. The van der Waals surface area contributed by atoms with Crippen LogP contribution in [0.1, 0.15) is 25.0 Å². The van der Waals surface area contributed by atoms with Crippen molar-refractivity contribution in [2.24, 2.45) is 0 Å². The molecule has 63 heavy (non-hydrogen) atoms. The summed E-state index contributed by atoms with van der Waals surface area (Å²) >= 11 is 0. The topological polar surface area (TPSA) is 6.48 Å². The van der Waals surface area contributed by atoms with Crippen LogP contribution >= 0.6 is 0 Å². The van der Waals surface area contributed by atoms with Crippen LogP contribution in [0.15, 0.2) is 243 Å². The molecule has 10 aromatic carbocycles. The van der Waals surface area contributed by atoms with Crippen LogP contribution < -0.4 is 9.80 Å². The van der Waals surface area contributed by atoms with Gasteiger partial charge in [0, 0.05) is 27.9 Å². The minimum absolute atomic E-state index is 0.277. The molecule has 0 bridgehead atoms. The molecule has 10 aromatic rings. The standard InChI is InChI=1S/C61H46N2/c1-61(2)56-41-50(45-19-10-5-11-20-45)31-39-59(56)63(58-24-14-22-49-21-12-13-23-55(49)58)60-40-32-51(42-57(60)61)48-29-37-54(38-30-48)62(52-33-25-46(26-34-52)43-15-6-3-7-16-43)53-35-27-47(28-36-53)44-17-8-4-9-18-44/h3-42H,1-2H3. The van der Waals surface area contributed by atoms with Gasteiger partial charge in [-0.15, -0.1) is 0 Å². The minimum atomic E-state index is -0.277. The van der Waals surface area contributed by atoms with E-state index in [9.17, 15) is 0 Å². The summed E-state index contributed by atoms with van der Waals surface area (Å²) in [5.74, 6) is 0. The van der Waals surface area contributed by atoms with E-state index in [0.717, 1.165) is 17.1 Å². The molecule has 0 amide bonds. The monoisotopic (exact) mass is 806 g/mol. The van der Waals surface area contributed by atoms with Crippen LogP contribution in [0.2, 0.25) is 0 Å². The first-order valence-corrected chi connectivity index (χ1v) is 21.8. The van der Waals surface area contributed by atoms with E-state index < -0.39 is 0 Å². The normalized spacial score (nSPS) is 12.7. The zero-order valence-corrected chi connectivity index (χ0v) is 35.5. The summed E-state index contributed by atoms with van der Waals surface area (Å²) in [5, 5.41) is 2.46. The highest BCUT2D eigenvalue weighted by Crippen LogP contribution is 2.54. The SMILES string of the molecule is CC1(C)c2cc(-c3ccccc3)ccc2N(c2cccc3ccccc23)c2ccc(-c3ccc(N(c4ccc(-c5ccccc5)cc4)c4ccc(-c5ccccc5)cc4)cc3)cc21. The van der Waals surface area contributed by atoms with Gasteiger partial charge in [-0.25, -0.2) is 0 Å². The number of hydrogen-bond acceptors (Lipinski definition) is 2. The molecule has 0 aliphatic carbocycles. The molecular formula is C61H46N2. The van der Waals surface area contributed by atoms with Gasteiger partial charge in [0.15, 0.2) is 0 Å². The Bertz CT molecular complexity index is 3120. The van der Waals surface area contributed by atoms with Gasteiger partial charge in [0.05, 0.1) is 17.1 Å². The van der Waals surface area contributed by atoms with Gasteiger partial charge in [0.25, 0.3) is 0 Å². The van der Waals surface area contributed by atoms with Crippen LogP contribution in [0.4, 0.5) is 34.1 Å². The van der Waals surface area contributed by atoms with E-state index in [1.165, 1.54) is 83.5 Å². The molecule has 0 saturated carbocycles. The number of anilines is 6. The molecule has 0 aromatic heterocycles. The maximum absolute atomic E-state index is 2.49. The zero-order chi connectivity index (χ0) is 42.3. The third kappa shape index (κ3) is 6.96. The van der Waals surface area contributed by atoms with E-state index in [2.05, 4.69) is 266 Å². The van der Waals surface area contributed by atoms with Gasteiger partial charge in [0.2, 0.25) is 0 Å². The zero-order valence-electron chi connectivity index (χ0n) is 35.5. The second kappa shape index (κ2) is 15.8. The summed E-state index contributed by atoms with van der Waals surface area (Å²) in [7, 11) is 0. The fourth-order valence-electron chi connectivity index (χ4n) is 9.51. The number of nitrogens with zero attached hydrogens (tertiary/aromatic N) is 2. The third-order valence-electron chi connectivity index (χ3n) is 12.9. The van der Waals surface area contributed by atoms with Gasteiger partial charge >= 0.3 is 0 Å². The summed E-state index contributed by atoms with van der Waals surface area (Å²) in [6.45, 7) is 4.77. The summed E-state index contributed by atoms with van der Waals surface area (Å²) in [4.78, 5) is 4.84. The van der Waals surface area contributed by atoms with E-state index in [0.29, 0.717) is 0 Å². The average Bonchev–Trinajstić information content (AvgIpc) is 3.35. The van der Waals surface area contributed by atoms with Crippen LogP contribution in [-0.2, 0) is 5.41 Å². The number of fused-ring (bicyclic) bond motifs is 3. The summed E-state index contributed by atoms with van der Waals surface area (Å²) in [6, 6.07) is 88.3. The van der Waals surface area contributed by atoms with Crippen molar-refractivity contribution in [3.63, 3.8) is 0 Å². The van der Waals surface area contributed by atoms with Gasteiger partial charge in [-0.05, 0) is 128 Å². The third-order valence-corrected chi connectivity index (χ3v) is 12.9. The van der Waals surface area contributed by atoms with Crippen molar-refractivity contribution in [3.8, 4) is 44.5 Å². The Morgan fingerprint density at radius 2 is 0.651 bits per heavy atom. The molecule has 2 nitrogen and oxygen atoms in total. The molecule has 0 atom stereocenters. The maximum Gasteiger partial charge on any atom is 0.0540 e. The number of rotatable bonds is 8. The molecule has 0 N–H and O–H groups in total. The smallest absolute Gasteiger partial charge is 0.0540 e. The molecule has 0 saturated heterocycles. The Kier molecular flexibility index (Phi) is 9.55. The Balaban J connectivity index is 1.000. The fourth-order valence-corrected chi connectivity index (χ4v) is 9.51. The van der Waals surface area contributed by atoms with Gasteiger partial charge in [0.1, 0.15) is 0 Å². The molecule has 300 valence electrons. The van der Waals surface area contributed by atoms with Gasteiger partial charge in [-0.2, -0.15) is 0 Å². The number of benzene rings is 10. The first-order valence-electron chi connectivity index (χ1n) is 21.8. The predicted octanol–water partition coefficient (Wildman–Crippen LogP) is 17.1. The molecule has 0 radical (unpaired) electrons. The Hall–Kier alpha value is -7.94. The molecule has 0 fully saturated rings. The number of hydrogen-bond donors (Lipinski definition) is 0. The van der Waals surface area contributed by atoms with Gasteiger partial charge in [-0.1, -0.05) is 190 Å². The summed E-state index contributed by atoms with van der Waals surface area (Å²) in [5.41, 5.74) is 18.9. The molecule has 2 heteroatoms. The largest absolute Gasteiger partial charge is 0.311 e. The van der Waals surface area contributed by atoms with Crippen molar-refractivity contribution in [1.82, 2.24) is 0 Å². The lowest BCUT2D eigenvalue weighted by Crippen LogP contribution is -2.30. The molecule has 11 rings (SSSR count). The fraction of sp³-hybridized carbons (Fsp3) is 0.0492. The van der Waals surface area contributed by atoms with E-state index in [1.807, 2.05) is 0 Å². The van der Waals surface area contributed by atoms with Crippen LogP contribution in [0.25, 0.3) is 55.3 Å². The maximum atomic E-state index is 2.49. The quantitative estimate of drug-likeness (QED) is 0.151. The molecule has 1 aliphatic rings. The summed E-state index contributed by atoms with van der Waals surface area (Å²) in [6.07, 6.45) is 0. The van der Waals surface area contributed by atoms with E-state index in [1.54, 1.807) is 0 Å². The van der Waals surface area contributed by atoms with E-state index in [-0.39, 0.29) is 5.41 Å². The van der Waals surface area contributed by atoms with Crippen LogP contribution in [0, 0.1) is 0 Å².